The van der Waals surface area contributed by atoms with E-state index in [0.29, 0.717) is 17.9 Å². The number of carbonyl (C=O) groups is 1. The van der Waals surface area contributed by atoms with E-state index < -0.39 is 0 Å². The minimum absolute atomic E-state index is 0.260. The summed E-state index contributed by atoms with van der Waals surface area (Å²) in [5.74, 6) is 1.53. The van der Waals surface area contributed by atoms with Crippen molar-refractivity contribution in [2.45, 2.75) is 63.8 Å². The molecular formula is C14H26N2O. The lowest BCUT2D eigenvalue weighted by Gasteiger charge is -2.26. The van der Waals surface area contributed by atoms with Crippen LogP contribution in [0.5, 0.6) is 0 Å². The molecule has 17 heavy (non-hydrogen) atoms. The van der Waals surface area contributed by atoms with Gasteiger partial charge in [0.15, 0.2) is 0 Å². The first-order chi connectivity index (χ1) is 8.24. The fourth-order valence-electron chi connectivity index (χ4n) is 3.32. The van der Waals surface area contributed by atoms with Gasteiger partial charge in [-0.2, -0.15) is 0 Å². The van der Waals surface area contributed by atoms with E-state index in [1.165, 1.54) is 38.5 Å². The van der Waals surface area contributed by atoms with Crippen molar-refractivity contribution in [3.05, 3.63) is 0 Å². The van der Waals surface area contributed by atoms with E-state index in [1.54, 1.807) is 0 Å². The molecule has 2 unspecified atom stereocenters. The van der Waals surface area contributed by atoms with Crippen molar-refractivity contribution in [3.8, 4) is 0 Å². The quantitative estimate of drug-likeness (QED) is 0.789. The largest absolute Gasteiger partial charge is 0.356 e. The summed E-state index contributed by atoms with van der Waals surface area (Å²) in [5, 5.41) is 3.11. The highest BCUT2D eigenvalue weighted by Crippen LogP contribution is 2.27. The Kier molecular flexibility index (Phi) is 4.84. The van der Waals surface area contributed by atoms with Crippen LogP contribution >= 0.6 is 0 Å². The zero-order valence-electron chi connectivity index (χ0n) is 10.8. The van der Waals surface area contributed by atoms with E-state index in [-0.39, 0.29) is 5.91 Å². The van der Waals surface area contributed by atoms with Gasteiger partial charge in [-0.3, -0.25) is 4.79 Å². The van der Waals surface area contributed by atoms with E-state index in [0.717, 1.165) is 25.8 Å². The third-order valence-electron chi connectivity index (χ3n) is 4.36. The van der Waals surface area contributed by atoms with Gasteiger partial charge in [0, 0.05) is 19.0 Å². The summed E-state index contributed by atoms with van der Waals surface area (Å²) in [5.41, 5.74) is 5.95. The van der Waals surface area contributed by atoms with Crippen LogP contribution < -0.4 is 11.1 Å². The van der Waals surface area contributed by atoms with Crippen LogP contribution in [-0.4, -0.2) is 18.5 Å². The summed E-state index contributed by atoms with van der Waals surface area (Å²) in [7, 11) is 0. The average molecular weight is 238 g/mol. The van der Waals surface area contributed by atoms with Crippen LogP contribution in [0, 0.1) is 11.8 Å². The fourth-order valence-corrected chi connectivity index (χ4v) is 3.32. The summed E-state index contributed by atoms with van der Waals surface area (Å²) >= 11 is 0. The Morgan fingerprint density at radius 3 is 2.47 bits per heavy atom. The highest BCUT2D eigenvalue weighted by molar-refractivity contribution is 5.76. The number of nitrogens with two attached hydrogens (primary N) is 1. The van der Waals surface area contributed by atoms with Crippen LogP contribution in [0.2, 0.25) is 0 Å². The summed E-state index contributed by atoms with van der Waals surface area (Å²) < 4.78 is 0. The topological polar surface area (TPSA) is 55.1 Å². The van der Waals surface area contributed by atoms with Crippen molar-refractivity contribution in [2.24, 2.45) is 17.6 Å². The van der Waals surface area contributed by atoms with Crippen LogP contribution in [0.15, 0.2) is 0 Å². The maximum atomic E-state index is 11.8. The second-order valence-electron chi connectivity index (χ2n) is 5.95. The van der Waals surface area contributed by atoms with Crippen molar-refractivity contribution in [1.82, 2.24) is 5.32 Å². The Bertz CT molecular complexity index is 249. The second-order valence-corrected chi connectivity index (χ2v) is 5.95. The number of nitrogens with one attached hydrogen (secondary N) is 1. The lowest BCUT2D eigenvalue weighted by Crippen LogP contribution is -2.36. The van der Waals surface area contributed by atoms with Crippen molar-refractivity contribution >= 4 is 5.91 Å². The van der Waals surface area contributed by atoms with Gasteiger partial charge in [-0.15, -0.1) is 0 Å². The Morgan fingerprint density at radius 2 is 1.76 bits per heavy atom. The number of amides is 1. The SMILES string of the molecule is NC1CCCC(CNC(=O)CC2CCCC2)C1. The van der Waals surface area contributed by atoms with Gasteiger partial charge in [0.25, 0.3) is 0 Å². The smallest absolute Gasteiger partial charge is 0.220 e. The predicted molar refractivity (Wildman–Crippen MR) is 69.5 cm³/mol. The molecule has 1 amide bonds. The fraction of sp³-hybridized carbons (Fsp3) is 0.929. The minimum atomic E-state index is 0.260. The van der Waals surface area contributed by atoms with Crippen molar-refractivity contribution in [2.75, 3.05) is 6.54 Å². The Labute approximate surface area is 105 Å². The van der Waals surface area contributed by atoms with Crippen molar-refractivity contribution in [3.63, 3.8) is 0 Å². The lowest BCUT2D eigenvalue weighted by atomic mass is 9.86. The molecule has 0 bridgehead atoms. The molecule has 0 spiro atoms. The average Bonchev–Trinajstić information content (AvgIpc) is 2.79. The molecule has 2 rings (SSSR count). The molecule has 98 valence electrons. The van der Waals surface area contributed by atoms with Crippen molar-refractivity contribution in [1.29, 1.82) is 0 Å². The molecule has 0 aliphatic heterocycles. The molecule has 2 aliphatic rings. The number of carbonyl (C=O) groups excluding carboxylic acids is 1. The molecule has 3 nitrogen and oxygen atoms in total. The summed E-state index contributed by atoms with van der Waals surface area (Å²) in [6, 6.07) is 0.362. The molecule has 0 aromatic carbocycles. The Hall–Kier alpha value is -0.570. The summed E-state index contributed by atoms with van der Waals surface area (Å²) in [6.07, 6.45) is 10.6. The van der Waals surface area contributed by atoms with Gasteiger partial charge < -0.3 is 11.1 Å². The summed E-state index contributed by atoms with van der Waals surface area (Å²) in [4.78, 5) is 11.8. The minimum Gasteiger partial charge on any atom is -0.356 e. The van der Waals surface area contributed by atoms with Gasteiger partial charge in [-0.1, -0.05) is 19.3 Å². The molecule has 0 saturated heterocycles. The summed E-state index contributed by atoms with van der Waals surface area (Å²) in [6.45, 7) is 0.846. The molecule has 3 heteroatoms. The monoisotopic (exact) mass is 238 g/mol. The van der Waals surface area contributed by atoms with E-state index in [4.69, 9.17) is 5.73 Å². The molecule has 2 aliphatic carbocycles. The van der Waals surface area contributed by atoms with Gasteiger partial charge in [0.1, 0.15) is 0 Å². The maximum absolute atomic E-state index is 11.8. The first-order valence-corrected chi connectivity index (χ1v) is 7.26. The highest BCUT2D eigenvalue weighted by atomic mass is 16.1. The molecule has 0 aromatic heterocycles. The number of rotatable bonds is 4. The van der Waals surface area contributed by atoms with Gasteiger partial charge in [0.05, 0.1) is 0 Å². The molecule has 2 saturated carbocycles. The van der Waals surface area contributed by atoms with Crippen LogP contribution in [0.4, 0.5) is 0 Å². The van der Waals surface area contributed by atoms with Crippen LogP contribution in [-0.2, 0) is 4.79 Å². The molecule has 3 N–H and O–H groups in total. The molecule has 0 radical (unpaired) electrons. The third kappa shape index (κ3) is 4.30. The molecule has 2 atom stereocenters. The zero-order valence-corrected chi connectivity index (χ0v) is 10.8. The molecule has 0 heterocycles. The van der Waals surface area contributed by atoms with Crippen LogP contribution in [0.1, 0.15) is 57.8 Å². The van der Waals surface area contributed by atoms with E-state index in [2.05, 4.69) is 5.32 Å². The lowest BCUT2D eigenvalue weighted by molar-refractivity contribution is -0.122. The van der Waals surface area contributed by atoms with Crippen molar-refractivity contribution < 1.29 is 4.79 Å². The molecule has 2 fully saturated rings. The standard InChI is InChI=1S/C14H26N2O/c15-13-7-3-6-12(8-13)10-16-14(17)9-11-4-1-2-5-11/h11-13H,1-10,15H2,(H,16,17). The van der Waals surface area contributed by atoms with Crippen LogP contribution in [0.3, 0.4) is 0 Å². The first-order valence-electron chi connectivity index (χ1n) is 7.26. The Morgan fingerprint density at radius 1 is 1.06 bits per heavy atom. The molecular weight excluding hydrogens is 212 g/mol. The van der Waals surface area contributed by atoms with E-state index in [1.807, 2.05) is 0 Å². The van der Waals surface area contributed by atoms with E-state index in [9.17, 15) is 4.79 Å². The molecule has 0 aromatic rings. The van der Waals surface area contributed by atoms with Gasteiger partial charge >= 0.3 is 0 Å². The highest BCUT2D eigenvalue weighted by Gasteiger charge is 2.21. The van der Waals surface area contributed by atoms with Gasteiger partial charge in [0.2, 0.25) is 5.91 Å². The van der Waals surface area contributed by atoms with Gasteiger partial charge in [-0.25, -0.2) is 0 Å². The predicted octanol–water partition coefficient (Wildman–Crippen LogP) is 2.20. The van der Waals surface area contributed by atoms with Gasteiger partial charge in [-0.05, 0) is 43.9 Å². The normalized spacial score (nSPS) is 30.4. The number of hydrogen-bond donors (Lipinski definition) is 2. The maximum Gasteiger partial charge on any atom is 0.220 e. The first kappa shape index (κ1) is 12.9. The van der Waals surface area contributed by atoms with Crippen LogP contribution in [0.25, 0.3) is 0 Å². The zero-order chi connectivity index (χ0) is 12.1. The van der Waals surface area contributed by atoms with E-state index >= 15 is 0 Å². The third-order valence-corrected chi connectivity index (χ3v) is 4.36. The second kappa shape index (κ2) is 6.39. The Balaban J connectivity index is 1.61. The number of hydrogen-bond acceptors (Lipinski definition) is 2.